The normalized spacial score (nSPS) is 10.0. The highest BCUT2D eigenvalue weighted by Crippen LogP contribution is 2.24. The molecule has 0 saturated heterocycles. The summed E-state index contributed by atoms with van der Waals surface area (Å²) in [7, 11) is 0. The van der Waals surface area contributed by atoms with Crippen molar-refractivity contribution in [2.45, 2.75) is 11.8 Å². The van der Waals surface area contributed by atoms with Gasteiger partial charge in [-0.3, -0.25) is 9.59 Å². The van der Waals surface area contributed by atoms with Gasteiger partial charge in [-0.25, -0.2) is 0 Å². The van der Waals surface area contributed by atoms with Crippen LogP contribution in [0.25, 0.3) is 0 Å². The Balaban J connectivity index is 2.44. The molecule has 0 aliphatic carbocycles. The van der Waals surface area contributed by atoms with Crippen LogP contribution in [0.15, 0.2) is 27.6 Å². The molecule has 0 bridgehead atoms. The number of thioether (sulfide) groups is 1. The first-order valence-corrected chi connectivity index (χ1v) is 6.71. The van der Waals surface area contributed by atoms with Crippen LogP contribution in [0, 0.1) is 6.92 Å². The van der Waals surface area contributed by atoms with Gasteiger partial charge in [0.05, 0.1) is 12.3 Å². The maximum Gasteiger partial charge on any atom is 0.236 e. The molecule has 0 aliphatic heterocycles. The van der Waals surface area contributed by atoms with E-state index in [1.807, 2.05) is 25.1 Å². The molecule has 1 aromatic rings. The van der Waals surface area contributed by atoms with E-state index in [1.165, 1.54) is 11.8 Å². The number of primary amides is 1. The van der Waals surface area contributed by atoms with Gasteiger partial charge in [0, 0.05) is 9.37 Å². The van der Waals surface area contributed by atoms with E-state index in [1.54, 1.807) is 0 Å². The number of carbonyl (C=O) groups excluding carboxylic acids is 2. The number of carbonyl (C=O) groups is 2. The number of aryl methyl sites for hydroxylation is 1. The molecule has 6 heteroatoms. The molecule has 17 heavy (non-hydrogen) atoms. The first-order chi connectivity index (χ1) is 7.99. The summed E-state index contributed by atoms with van der Waals surface area (Å²) in [6.45, 7) is 1.87. The Morgan fingerprint density at radius 3 is 2.76 bits per heavy atom. The molecule has 0 aliphatic rings. The summed E-state index contributed by atoms with van der Waals surface area (Å²) in [5.74, 6) is -0.463. The molecule has 0 fully saturated rings. The van der Waals surface area contributed by atoms with E-state index >= 15 is 0 Å². The Hall–Kier alpha value is -1.01. The third kappa shape index (κ3) is 5.23. The van der Waals surface area contributed by atoms with Gasteiger partial charge in [-0.15, -0.1) is 11.8 Å². The van der Waals surface area contributed by atoms with E-state index in [0.29, 0.717) is 0 Å². The van der Waals surface area contributed by atoms with Gasteiger partial charge >= 0.3 is 0 Å². The lowest BCUT2D eigenvalue weighted by atomic mass is 10.2. The largest absolute Gasteiger partial charge is 0.368 e. The van der Waals surface area contributed by atoms with Crippen molar-refractivity contribution in [1.82, 2.24) is 5.32 Å². The predicted molar refractivity (Wildman–Crippen MR) is 71.8 cm³/mol. The first kappa shape index (κ1) is 14.1. The minimum absolute atomic E-state index is 0.112. The van der Waals surface area contributed by atoms with E-state index in [0.717, 1.165) is 14.9 Å². The molecular weight excluding hydrogens is 304 g/mol. The molecule has 2 amide bonds. The number of halogens is 1. The molecular formula is C11H13BrN2O2S. The van der Waals surface area contributed by atoms with Crippen molar-refractivity contribution in [3.05, 3.63) is 28.2 Å². The molecule has 0 saturated carbocycles. The lowest BCUT2D eigenvalue weighted by molar-refractivity contribution is -0.123. The fourth-order valence-corrected chi connectivity index (χ4v) is 2.47. The maximum absolute atomic E-state index is 11.4. The quantitative estimate of drug-likeness (QED) is 0.808. The van der Waals surface area contributed by atoms with Crippen molar-refractivity contribution in [1.29, 1.82) is 0 Å². The predicted octanol–water partition coefficient (Wildman–Crippen LogP) is 1.45. The molecule has 0 atom stereocenters. The van der Waals surface area contributed by atoms with Gasteiger partial charge in [0.2, 0.25) is 11.8 Å². The van der Waals surface area contributed by atoms with Crippen LogP contribution in [0.5, 0.6) is 0 Å². The topological polar surface area (TPSA) is 72.2 Å². The highest BCUT2D eigenvalue weighted by atomic mass is 79.9. The van der Waals surface area contributed by atoms with E-state index in [4.69, 9.17) is 5.73 Å². The van der Waals surface area contributed by atoms with Gasteiger partial charge in [-0.05, 0) is 30.7 Å². The smallest absolute Gasteiger partial charge is 0.236 e. The Labute approximate surface area is 112 Å². The molecule has 92 valence electrons. The fraction of sp³-hybridized carbons (Fsp3) is 0.273. The summed E-state index contributed by atoms with van der Waals surface area (Å²) in [5, 5.41) is 2.44. The first-order valence-electron chi connectivity index (χ1n) is 4.93. The van der Waals surface area contributed by atoms with Gasteiger partial charge in [0.25, 0.3) is 0 Å². The maximum atomic E-state index is 11.4. The molecule has 1 aromatic carbocycles. The summed E-state index contributed by atoms with van der Waals surface area (Å²) in [6.07, 6.45) is 0. The molecule has 0 unspecified atom stereocenters. The Kier molecular flexibility index (Phi) is 5.50. The zero-order valence-electron chi connectivity index (χ0n) is 9.33. The number of rotatable bonds is 5. The minimum atomic E-state index is -0.539. The van der Waals surface area contributed by atoms with Crippen molar-refractivity contribution >= 4 is 39.5 Å². The van der Waals surface area contributed by atoms with E-state index in [9.17, 15) is 9.59 Å². The van der Waals surface area contributed by atoms with Crippen LogP contribution < -0.4 is 11.1 Å². The Morgan fingerprint density at radius 1 is 1.47 bits per heavy atom. The van der Waals surface area contributed by atoms with Gasteiger partial charge < -0.3 is 11.1 Å². The number of hydrogen-bond acceptors (Lipinski definition) is 3. The Bertz CT molecular complexity index is 437. The number of nitrogens with one attached hydrogen (secondary N) is 1. The molecule has 4 nitrogen and oxygen atoms in total. The van der Waals surface area contributed by atoms with Gasteiger partial charge in [-0.2, -0.15) is 0 Å². The second-order valence-electron chi connectivity index (χ2n) is 3.44. The highest BCUT2D eigenvalue weighted by Gasteiger charge is 2.05. The third-order valence-electron chi connectivity index (χ3n) is 1.96. The lowest BCUT2D eigenvalue weighted by Gasteiger charge is -2.06. The van der Waals surface area contributed by atoms with Gasteiger partial charge in [0.1, 0.15) is 0 Å². The van der Waals surface area contributed by atoms with Crippen molar-refractivity contribution in [2.75, 3.05) is 12.3 Å². The average Bonchev–Trinajstić information content (AvgIpc) is 2.25. The molecule has 1 rings (SSSR count). The van der Waals surface area contributed by atoms with Gasteiger partial charge in [-0.1, -0.05) is 15.9 Å². The van der Waals surface area contributed by atoms with Crippen LogP contribution in [0.1, 0.15) is 5.56 Å². The van der Waals surface area contributed by atoms with E-state index < -0.39 is 5.91 Å². The SMILES string of the molecule is Cc1cc(Br)ccc1SCC(=O)NCC(N)=O. The molecule has 0 heterocycles. The zero-order valence-corrected chi connectivity index (χ0v) is 11.7. The average molecular weight is 317 g/mol. The van der Waals surface area contributed by atoms with Crippen LogP contribution >= 0.6 is 27.7 Å². The minimum Gasteiger partial charge on any atom is -0.368 e. The summed E-state index contributed by atoms with van der Waals surface area (Å²) in [5.41, 5.74) is 6.03. The van der Waals surface area contributed by atoms with Crippen molar-refractivity contribution in [3.63, 3.8) is 0 Å². The van der Waals surface area contributed by atoms with Crippen LogP contribution in [0.3, 0.4) is 0 Å². The lowest BCUT2D eigenvalue weighted by Crippen LogP contribution is -2.34. The highest BCUT2D eigenvalue weighted by molar-refractivity contribution is 9.10. The summed E-state index contributed by atoms with van der Waals surface area (Å²) >= 11 is 4.81. The van der Waals surface area contributed by atoms with Gasteiger partial charge in [0.15, 0.2) is 0 Å². The van der Waals surface area contributed by atoms with Crippen molar-refractivity contribution in [2.24, 2.45) is 5.73 Å². The van der Waals surface area contributed by atoms with E-state index in [-0.39, 0.29) is 18.2 Å². The van der Waals surface area contributed by atoms with E-state index in [2.05, 4.69) is 21.2 Å². The molecule has 0 aromatic heterocycles. The molecule has 0 spiro atoms. The summed E-state index contributed by atoms with van der Waals surface area (Å²) in [6, 6.07) is 5.87. The second kappa shape index (κ2) is 6.66. The van der Waals surface area contributed by atoms with Crippen LogP contribution in [-0.2, 0) is 9.59 Å². The number of hydrogen-bond donors (Lipinski definition) is 2. The Morgan fingerprint density at radius 2 is 2.18 bits per heavy atom. The summed E-state index contributed by atoms with van der Waals surface area (Å²) in [4.78, 5) is 22.9. The number of nitrogens with two attached hydrogens (primary N) is 1. The molecule has 3 N–H and O–H groups in total. The second-order valence-corrected chi connectivity index (χ2v) is 5.37. The van der Waals surface area contributed by atoms with Crippen molar-refractivity contribution < 1.29 is 9.59 Å². The molecule has 0 radical (unpaired) electrons. The number of amides is 2. The summed E-state index contributed by atoms with van der Waals surface area (Å²) < 4.78 is 1.01. The number of benzene rings is 1. The van der Waals surface area contributed by atoms with Crippen LogP contribution in [0.2, 0.25) is 0 Å². The monoisotopic (exact) mass is 316 g/mol. The standard InChI is InChI=1S/C11H13BrN2O2S/c1-7-4-8(12)2-3-9(7)17-6-11(16)14-5-10(13)15/h2-4H,5-6H2,1H3,(H2,13,15)(H,14,16). The third-order valence-corrected chi connectivity index (χ3v) is 3.62. The van der Waals surface area contributed by atoms with Crippen LogP contribution in [-0.4, -0.2) is 24.1 Å². The van der Waals surface area contributed by atoms with Crippen LogP contribution in [0.4, 0.5) is 0 Å². The zero-order chi connectivity index (χ0) is 12.8. The van der Waals surface area contributed by atoms with Crippen molar-refractivity contribution in [3.8, 4) is 0 Å². The fourth-order valence-electron chi connectivity index (χ4n) is 1.15.